The molecule has 3 amide bonds. The number of hydrogen-bond donors (Lipinski definition) is 1. The molecule has 8 heteroatoms. The lowest BCUT2D eigenvalue weighted by Crippen LogP contribution is -2.45. The molecule has 1 saturated heterocycles. The summed E-state index contributed by atoms with van der Waals surface area (Å²) in [5, 5.41) is 3.10. The molecule has 0 bridgehead atoms. The van der Waals surface area contributed by atoms with Crippen LogP contribution in [0.5, 0.6) is 0 Å². The highest BCUT2D eigenvalue weighted by Gasteiger charge is 2.51. The van der Waals surface area contributed by atoms with Gasteiger partial charge in [-0.05, 0) is 44.0 Å². The number of halogens is 1. The molecule has 1 saturated carbocycles. The van der Waals surface area contributed by atoms with Crippen LogP contribution in [-0.2, 0) is 23.9 Å². The summed E-state index contributed by atoms with van der Waals surface area (Å²) in [6.45, 7) is 0.946. The molecule has 2 fully saturated rings. The van der Waals surface area contributed by atoms with E-state index in [0.29, 0.717) is 23.6 Å². The number of nitrogens with zero attached hydrogens (tertiary/aromatic N) is 1. The molecule has 3 atom stereocenters. The van der Waals surface area contributed by atoms with E-state index in [1.165, 1.54) is 6.92 Å². The molecule has 27 heavy (non-hydrogen) atoms. The average Bonchev–Trinajstić information content (AvgIpc) is 2.92. The number of esters is 1. The summed E-state index contributed by atoms with van der Waals surface area (Å²) >= 11 is 5.78. The molecule has 2 aliphatic rings. The molecule has 0 spiro atoms. The van der Waals surface area contributed by atoms with Crippen LogP contribution in [0.4, 0.5) is 5.69 Å². The van der Waals surface area contributed by atoms with Crippen molar-refractivity contribution in [2.75, 3.05) is 11.9 Å². The van der Waals surface area contributed by atoms with Gasteiger partial charge in [-0.3, -0.25) is 19.3 Å². The Balaban J connectivity index is 1.54. The molecule has 1 aliphatic heterocycles. The maximum Gasteiger partial charge on any atom is 0.329 e. The van der Waals surface area contributed by atoms with Crippen LogP contribution in [0, 0.1) is 11.8 Å². The highest BCUT2D eigenvalue weighted by molar-refractivity contribution is 6.30. The van der Waals surface area contributed by atoms with Crippen molar-refractivity contribution in [1.29, 1.82) is 0 Å². The molecule has 1 N–H and O–H groups in total. The second-order valence-corrected chi connectivity index (χ2v) is 7.32. The standard InChI is InChI=1S/C19H21ClN2O5/c1-11(22-17(24)14-4-2-3-5-15(14)18(22)25)19(26)27-10-16(23)21-13-8-6-12(20)7-9-13/h6-9,11,14-15H,2-5,10H2,1H3,(H,21,23)/t11-,14-,15-/m0/s1. The van der Waals surface area contributed by atoms with Crippen LogP contribution < -0.4 is 5.32 Å². The van der Waals surface area contributed by atoms with Gasteiger partial charge in [-0.2, -0.15) is 0 Å². The third-order valence-corrected chi connectivity index (χ3v) is 5.33. The van der Waals surface area contributed by atoms with Crippen LogP contribution in [0.15, 0.2) is 24.3 Å². The Hall–Kier alpha value is -2.41. The van der Waals surface area contributed by atoms with Crippen molar-refractivity contribution in [3.63, 3.8) is 0 Å². The van der Waals surface area contributed by atoms with Gasteiger partial charge < -0.3 is 10.1 Å². The predicted molar refractivity (Wildman–Crippen MR) is 97.8 cm³/mol. The highest BCUT2D eigenvalue weighted by atomic mass is 35.5. The lowest BCUT2D eigenvalue weighted by molar-refractivity contribution is -0.159. The zero-order valence-corrected chi connectivity index (χ0v) is 15.7. The molecule has 1 aliphatic carbocycles. The van der Waals surface area contributed by atoms with Gasteiger partial charge in [0.05, 0.1) is 11.8 Å². The van der Waals surface area contributed by atoms with Gasteiger partial charge in [-0.25, -0.2) is 4.79 Å². The van der Waals surface area contributed by atoms with Gasteiger partial charge in [0.15, 0.2) is 6.61 Å². The second kappa shape index (κ2) is 8.08. The lowest BCUT2D eigenvalue weighted by atomic mass is 9.81. The van der Waals surface area contributed by atoms with Crippen molar-refractivity contribution in [2.45, 2.75) is 38.6 Å². The minimum atomic E-state index is -1.04. The fourth-order valence-electron chi connectivity index (χ4n) is 3.66. The van der Waals surface area contributed by atoms with Gasteiger partial charge in [0, 0.05) is 10.7 Å². The molecular weight excluding hydrogens is 372 g/mol. The molecule has 144 valence electrons. The van der Waals surface area contributed by atoms with E-state index in [0.717, 1.165) is 17.7 Å². The first-order valence-electron chi connectivity index (χ1n) is 8.97. The smallest absolute Gasteiger partial charge is 0.329 e. The van der Waals surface area contributed by atoms with Gasteiger partial charge in [0.25, 0.3) is 5.91 Å². The first kappa shape index (κ1) is 19.4. The van der Waals surface area contributed by atoms with Crippen LogP contribution in [0.25, 0.3) is 0 Å². The minimum Gasteiger partial charge on any atom is -0.454 e. The van der Waals surface area contributed by atoms with Crippen molar-refractivity contribution in [3.8, 4) is 0 Å². The van der Waals surface area contributed by atoms with Crippen molar-refractivity contribution in [1.82, 2.24) is 4.90 Å². The van der Waals surface area contributed by atoms with E-state index >= 15 is 0 Å². The Bertz CT molecular complexity index is 740. The number of anilines is 1. The van der Waals surface area contributed by atoms with Crippen molar-refractivity contribution < 1.29 is 23.9 Å². The third kappa shape index (κ3) is 4.13. The Morgan fingerprint density at radius 1 is 1.15 bits per heavy atom. The second-order valence-electron chi connectivity index (χ2n) is 6.88. The van der Waals surface area contributed by atoms with E-state index in [-0.39, 0.29) is 23.7 Å². The van der Waals surface area contributed by atoms with E-state index in [1.807, 2.05) is 0 Å². The van der Waals surface area contributed by atoms with Gasteiger partial charge in [0.2, 0.25) is 11.8 Å². The van der Waals surface area contributed by atoms with Crippen LogP contribution >= 0.6 is 11.6 Å². The predicted octanol–water partition coefficient (Wildman–Crippen LogP) is 2.39. The number of likely N-dealkylation sites (tertiary alicyclic amines) is 1. The summed E-state index contributed by atoms with van der Waals surface area (Å²) in [7, 11) is 0. The third-order valence-electron chi connectivity index (χ3n) is 5.08. The zero-order valence-electron chi connectivity index (χ0n) is 14.9. The van der Waals surface area contributed by atoms with E-state index in [4.69, 9.17) is 16.3 Å². The van der Waals surface area contributed by atoms with Crippen LogP contribution in [0.3, 0.4) is 0 Å². The summed E-state index contributed by atoms with van der Waals surface area (Å²) in [6.07, 6.45) is 3.18. The molecule has 7 nitrogen and oxygen atoms in total. The van der Waals surface area contributed by atoms with E-state index in [2.05, 4.69) is 5.32 Å². The molecule has 1 heterocycles. The van der Waals surface area contributed by atoms with Crippen molar-refractivity contribution in [2.24, 2.45) is 11.8 Å². The van der Waals surface area contributed by atoms with Crippen molar-refractivity contribution in [3.05, 3.63) is 29.3 Å². The van der Waals surface area contributed by atoms with Gasteiger partial charge in [-0.15, -0.1) is 0 Å². The maximum absolute atomic E-state index is 12.5. The SMILES string of the molecule is C[C@@H](C(=O)OCC(=O)Nc1ccc(Cl)cc1)N1C(=O)[C@H]2CCCC[C@@H]2C1=O. The highest BCUT2D eigenvalue weighted by Crippen LogP contribution is 2.38. The fourth-order valence-corrected chi connectivity index (χ4v) is 3.79. The number of rotatable bonds is 5. The number of carbonyl (C=O) groups excluding carboxylic acids is 4. The Morgan fingerprint density at radius 2 is 1.70 bits per heavy atom. The molecule has 0 aromatic heterocycles. The molecule has 1 aromatic rings. The first-order valence-corrected chi connectivity index (χ1v) is 9.35. The maximum atomic E-state index is 12.5. The number of nitrogens with one attached hydrogen (secondary N) is 1. The Labute approximate surface area is 162 Å². The van der Waals surface area contributed by atoms with Gasteiger partial charge in [0.1, 0.15) is 6.04 Å². The van der Waals surface area contributed by atoms with Crippen LogP contribution in [0.1, 0.15) is 32.6 Å². The summed E-state index contributed by atoms with van der Waals surface area (Å²) in [5.41, 5.74) is 0.516. The number of benzene rings is 1. The van der Waals surface area contributed by atoms with Gasteiger partial charge >= 0.3 is 5.97 Å². The fraction of sp³-hybridized carbons (Fsp3) is 0.474. The molecule has 0 radical (unpaired) electrons. The number of carbonyl (C=O) groups is 4. The average molecular weight is 393 g/mol. The number of ether oxygens (including phenoxy) is 1. The summed E-state index contributed by atoms with van der Waals surface area (Å²) in [4.78, 5) is 50.2. The summed E-state index contributed by atoms with van der Waals surface area (Å²) < 4.78 is 5.00. The summed E-state index contributed by atoms with van der Waals surface area (Å²) in [6, 6.07) is 5.44. The minimum absolute atomic E-state index is 0.306. The van der Waals surface area contributed by atoms with E-state index in [9.17, 15) is 19.2 Å². The molecule has 0 unspecified atom stereocenters. The van der Waals surface area contributed by atoms with Crippen LogP contribution in [0.2, 0.25) is 5.02 Å². The molecule has 1 aromatic carbocycles. The van der Waals surface area contributed by atoms with Gasteiger partial charge in [-0.1, -0.05) is 24.4 Å². The normalized spacial score (nSPS) is 23.0. The largest absolute Gasteiger partial charge is 0.454 e. The lowest BCUT2D eigenvalue weighted by Gasteiger charge is -2.21. The number of hydrogen-bond acceptors (Lipinski definition) is 5. The van der Waals surface area contributed by atoms with E-state index < -0.39 is 24.5 Å². The Morgan fingerprint density at radius 3 is 2.26 bits per heavy atom. The monoisotopic (exact) mass is 392 g/mol. The summed E-state index contributed by atoms with van der Waals surface area (Å²) in [5.74, 6) is -2.56. The topological polar surface area (TPSA) is 92.8 Å². The molecular formula is C19H21ClN2O5. The molecule has 3 rings (SSSR count). The Kier molecular flexibility index (Phi) is 5.79. The van der Waals surface area contributed by atoms with E-state index in [1.54, 1.807) is 24.3 Å². The van der Waals surface area contributed by atoms with Crippen molar-refractivity contribution >= 4 is 41.0 Å². The number of amides is 3. The number of fused-ring (bicyclic) bond motifs is 1. The number of imide groups is 1. The van der Waals surface area contributed by atoms with Crippen LogP contribution in [-0.4, -0.2) is 41.2 Å². The first-order chi connectivity index (χ1) is 12.9. The zero-order chi connectivity index (χ0) is 19.6. The quantitative estimate of drug-likeness (QED) is 0.613.